The fourth-order valence-corrected chi connectivity index (χ4v) is 1.52. The molecule has 0 spiro atoms. The second-order valence-corrected chi connectivity index (χ2v) is 3.86. The average Bonchev–Trinajstić information content (AvgIpc) is 2.16. The molecule has 0 aliphatic rings. The van der Waals surface area contributed by atoms with Crippen molar-refractivity contribution in [2.45, 2.75) is 26.2 Å². The number of rotatable bonds is 5. The van der Waals surface area contributed by atoms with Crippen LogP contribution in [0.1, 0.15) is 25.3 Å². The van der Waals surface area contributed by atoms with Crippen molar-refractivity contribution < 1.29 is 0 Å². The molecule has 0 aromatic heterocycles. The van der Waals surface area contributed by atoms with Gasteiger partial charge in [0.05, 0.1) is 5.84 Å². The highest BCUT2D eigenvalue weighted by molar-refractivity contribution is 5.76. The summed E-state index contributed by atoms with van der Waals surface area (Å²) in [4.78, 5) is 0. The van der Waals surface area contributed by atoms with Gasteiger partial charge in [-0.05, 0) is 24.3 Å². The van der Waals surface area contributed by atoms with Crippen molar-refractivity contribution in [1.82, 2.24) is 0 Å². The maximum absolute atomic E-state index is 7.15. The molecule has 1 unspecified atom stereocenters. The second-order valence-electron chi connectivity index (χ2n) is 3.86. The third-order valence-corrected chi connectivity index (χ3v) is 2.33. The van der Waals surface area contributed by atoms with Gasteiger partial charge in [-0.3, -0.25) is 5.41 Å². The molecule has 0 fully saturated rings. The van der Waals surface area contributed by atoms with Crippen LogP contribution >= 0.6 is 0 Å². The Bertz CT molecular complexity index is 280. The Morgan fingerprint density at radius 1 is 1.36 bits per heavy atom. The van der Waals surface area contributed by atoms with Gasteiger partial charge in [0.25, 0.3) is 0 Å². The van der Waals surface area contributed by atoms with Gasteiger partial charge in [-0.25, -0.2) is 0 Å². The molecule has 1 aromatic carbocycles. The van der Waals surface area contributed by atoms with Gasteiger partial charge in [-0.2, -0.15) is 0 Å². The lowest BCUT2D eigenvalue weighted by Gasteiger charge is -2.10. The van der Waals surface area contributed by atoms with E-state index in [4.69, 9.17) is 11.1 Å². The van der Waals surface area contributed by atoms with Gasteiger partial charge in [-0.1, -0.05) is 37.3 Å². The van der Waals surface area contributed by atoms with E-state index in [9.17, 15) is 0 Å². The Balaban J connectivity index is 2.34. The summed E-state index contributed by atoms with van der Waals surface area (Å²) in [7, 11) is 0. The molecule has 0 aliphatic carbocycles. The van der Waals surface area contributed by atoms with E-state index < -0.39 is 0 Å². The minimum absolute atomic E-state index is 0.296. The lowest BCUT2D eigenvalue weighted by molar-refractivity contribution is 0.542. The summed E-state index contributed by atoms with van der Waals surface area (Å²) in [5.41, 5.74) is 6.68. The number of nitrogens with two attached hydrogens (primary N) is 1. The van der Waals surface area contributed by atoms with Crippen LogP contribution in [0.2, 0.25) is 0 Å². The molecule has 0 radical (unpaired) electrons. The SMILES string of the molecule is CC(CCC(=N)N)Cc1ccccc1. The summed E-state index contributed by atoms with van der Waals surface area (Å²) in [6.07, 6.45) is 2.80. The first-order valence-corrected chi connectivity index (χ1v) is 5.05. The van der Waals surface area contributed by atoms with E-state index in [0.29, 0.717) is 18.2 Å². The van der Waals surface area contributed by atoms with Crippen LogP contribution in [0.4, 0.5) is 0 Å². The summed E-state index contributed by atoms with van der Waals surface area (Å²) < 4.78 is 0. The van der Waals surface area contributed by atoms with E-state index in [1.165, 1.54) is 5.56 Å². The van der Waals surface area contributed by atoms with E-state index in [2.05, 4.69) is 31.2 Å². The van der Waals surface area contributed by atoms with Gasteiger partial charge >= 0.3 is 0 Å². The normalized spacial score (nSPS) is 12.4. The van der Waals surface area contributed by atoms with Crippen LogP contribution in [-0.2, 0) is 6.42 Å². The van der Waals surface area contributed by atoms with Crippen LogP contribution in [0.3, 0.4) is 0 Å². The van der Waals surface area contributed by atoms with Crippen LogP contribution in [0.5, 0.6) is 0 Å². The fourth-order valence-electron chi connectivity index (χ4n) is 1.52. The van der Waals surface area contributed by atoms with Crippen molar-refractivity contribution in [3.05, 3.63) is 35.9 Å². The third kappa shape index (κ3) is 4.08. The summed E-state index contributed by atoms with van der Waals surface area (Å²) in [5, 5.41) is 7.15. The number of hydrogen-bond acceptors (Lipinski definition) is 1. The van der Waals surface area contributed by atoms with Crippen molar-refractivity contribution >= 4 is 5.84 Å². The minimum atomic E-state index is 0.296. The Hall–Kier alpha value is -1.31. The first kappa shape index (κ1) is 10.8. The van der Waals surface area contributed by atoms with Crippen molar-refractivity contribution in [1.29, 1.82) is 5.41 Å². The Morgan fingerprint density at radius 3 is 2.57 bits per heavy atom. The van der Waals surface area contributed by atoms with Gasteiger partial charge in [0, 0.05) is 6.42 Å². The molecule has 0 heterocycles. The van der Waals surface area contributed by atoms with Crippen molar-refractivity contribution in [3.63, 3.8) is 0 Å². The maximum atomic E-state index is 7.15. The second kappa shape index (κ2) is 5.43. The molecule has 1 atom stereocenters. The molecule has 3 N–H and O–H groups in total. The lowest BCUT2D eigenvalue weighted by Crippen LogP contribution is -2.11. The van der Waals surface area contributed by atoms with E-state index in [0.717, 1.165) is 12.8 Å². The van der Waals surface area contributed by atoms with Crippen LogP contribution in [0.25, 0.3) is 0 Å². The molecule has 0 saturated carbocycles. The van der Waals surface area contributed by atoms with Crippen molar-refractivity contribution in [3.8, 4) is 0 Å². The first-order valence-electron chi connectivity index (χ1n) is 5.05. The Kier molecular flexibility index (Phi) is 4.17. The molecule has 0 bridgehead atoms. The highest BCUT2D eigenvalue weighted by Crippen LogP contribution is 2.12. The van der Waals surface area contributed by atoms with Gasteiger partial charge in [0.2, 0.25) is 0 Å². The largest absolute Gasteiger partial charge is 0.388 e. The molecule has 1 rings (SSSR count). The zero-order chi connectivity index (χ0) is 10.4. The monoisotopic (exact) mass is 190 g/mol. The van der Waals surface area contributed by atoms with Gasteiger partial charge in [0.15, 0.2) is 0 Å². The predicted octanol–water partition coefficient (Wildman–Crippen LogP) is 2.58. The minimum Gasteiger partial charge on any atom is -0.388 e. The summed E-state index contributed by atoms with van der Waals surface area (Å²) in [6.45, 7) is 2.20. The van der Waals surface area contributed by atoms with Crippen LogP contribution in [0.15, 0.2) is 30.3 Å². The first-order chi connectivity index (χ1) is 6.68. The van der Waals surface area contributed by atoms with Crippen LogP contribution < -0.4 is 5.73 Å². The van der Waals surface area contributed by atoms with Gasteiger partial charge < -0.3 is 5.73 Å². The zero-order valence-corrected chi connectivity index (χ0v) is 8.66. The maximum Gasteiger partial charge on any atom is 0.0905 e. The molecule has 76 valence electrons. The molecular weight excluding hydrogens is 172 g/mol. The highest BCUT2D eigenvalue weighted by Gasteiger charge is 2.03. The number of hydrogen-bond donors (Lipinski definition) is 2. The molecular formula is C12H18N2. The van der Waals surface area contributed by atoms with Gasteiger partial charge in [-0.15, -0.1) is 0 Å². The summed E-state index contributed by atoms with van der Waals surface area (Å²) in [6, 6.07) is 10.4. The Morgan fingerprint density at radius 2 is 2.00 bits per heavy atom. The van der Waals surface area contributed by atoms with E-state index in [1.54, 1.807) is 0 Å². The van der Waals surface area contributed by atoms with Gasteiger partial charge in [0.1, 0.15) is 0 Å². The standard InChI is InChI=1S/C12H18N2/c1-10(7-8-12(13)14)9-11-5-3-2-4-6-11/h2-6,10H,7-9H2,1H3,(H3,13,14). The summed E-state index contributed by atoms with van der Waals surface area (Å²) >= 11 is 0. The third-order valence-electron chi connectivity index (χ3n) is 2.33. The average molecular weight is 190 g/mol. The molecule has 0 aliphatic heterocycles. The highest BCUT2D eigenvalue weighted by atomic mass is 14.7. The molecule has 2 nitrogen and oxygen atoms in total. The van der Waals surface area contributed by atoms with Crippen molar-refractivity contribution in [2.75, 3.05) is 0 Å². The number of amidine groups is 1. The predicted molar refractivity (Wildman–Crippen MR) is 60.5 cm³/mol. The Labute approximate surface area is 85.6 Å². The van der Waals surface area contributed by atoms with Crippen molar-refractivity contribution in [2.24, 2.45) is 11.7 Å². The molecule has 2 heteroatoms. The zero-order valence-electron chi connectivity index (χ0n) is 8.66. The smallest absolute Gasteiger partial charge is 0.0905 e. The summed E-state index contributed by atoms with van der Waals surface area (Å²) in [5.74, 6) is 0.895. The lowest BCUT2D eigenvalue weighted by atomic mass is 9.96. The fraction of sp³-hybridized carbons (Fsp3) is 0.417. The quantitative estimate of drug-likeness (QED) is 0.544. The van der Waals surface area contributed by atoms with E-state index >= 15 is 0 Å². The molecule has 0 amide bonds. The molecule has 14 heavy (non-hydrogen) atoms. The molecule has 0 saturated heterocycles. The van der Waals surface area contributed by atoms with E-state index in [1.807, 2.05) is 6.07 Å². The van der Waals surface area contributed by atoms with Crippen LogP contribution in [0, 0.1) is 11.3 Å². The topological polar surface area (TPSA) is 49.9 Å². The van der Waals surface area contributed by atoms with E-state index in [-0.39, 0.29) is 0 Å². The number of benzene rings is 1. The number of nitrogens with one attached hydrogen (secondary N) is 1. The van der Waals surface area contributed by atoms with Crippen LogP contribution in [-0.4, -0.2) is 5.84 Å². The molecule has 1 aromatic rings.